The Bertz CT molecular complexity index is 2090. The molecule has 44 heavy (non-hydrogen) atoms. The van der Waals surface area contributed by atoms with E-state index in [-0.39, 0.29) is 11.1 Å². The molecule has 8 nitrogen and oxygen atoms in total. The number of aromatic nitrogens is 4. The van der Waals surface area contributed by atoms with Crippen molar-refractivity contribution in [2.24, 2.45) is 0 Å². The number of ether oxygens (including phenoxy) is 2. The van der Waals surface area contributed by atoms with Gasteiger partial charge in [0.1, 0.15) is 11.5 Å². The molecule has 2 aliphatic heterocycles. The third-order valence-corrected chi connectivity index (χ3v) is 12.2. The Kier molecular flexibility index (Phi) is 7.61. The summed E-state index contributed by atoms with van der Waals surface area (Å²) >= 11 is 5.95. The van der Waals surface area contributed by atoms with Gasteiger partial charge in [-0.05, 0) is 38.1 Å². The van der Waals surface area contributed by atoms with Crippen LogP contribution in [-0.2, 0) is 0 Å². The van der Waals surface area contributed by atoms with Gasteiger partial charge in [-0.25, -0.2) is 9.36 Å². The maximum absolute atomic E-state index is 13.6. The van der Waals surface area contributed by atoms with Crippen molar-refractivity contribution in [1.29, 1.82) is 0 Å². The number of fused-ring (bicyclic) bond motifs is 2. The van der Waals surface area contributed by atoms with Crippen LogP contribution < -0.4 is 41.7 Å². The Morgan fingerprint density at radius 2 is 0.955 bits per heavy atom. The molecule has 5 aromatic rings. The van der Waals surface area contributed by atoms with Crippen LogP contribution in [0.2, 0.25) is 0 Å². The van der Waals surface area contributed by atoms with Gasteiger partial charge >= 0.3 is 0 Å². The van der Waals surface area contributed by atoms with E-state index >= 15 is 0 Å². The van der Waals surface area contributed by atoms with Crippen LogP contribution in [-0.4, -0.2) is 32.8 Å². The molecule has 0 radical (unpaired) electrons. The molecule has 0 amide bonds. The van der Waals surface area contributed by atoms with E-state index in [1.807, 2.05) is 74.5 Å². The molecule has 2 aliphatic rings. The highest BCUT2D eigenvalue weighted by atomic mass is 32.2. The first-order chi connectivity index (χ1) is 21.4. The lowest BCUT2D eigenvalue weighted by Gasteiger charge is -2.16. The van der Waals surface area contributed by atoms with Crippen LogP contribution >= 0.6 is 47.0 Å². The lowest BCUT2D eigenvalue weighted by Crippen LogP contribution is -2.35. The van der Waals surface area contributed by atoms with E-state index in [1.54, 1.807) is 0 Å². The van der Waals surface area contributed by atoms with Gasteiger partial charge in [-0.2, -0.15) is 0 Å². The Labute approximate surface area is 268 Å². The molecule has 2 aromatic heterocycles. The zero-order chi connectivity index (χ0) is 30.5. The van der Waals surface area contributed by atoms with Gasteiger partial charge in [0, 0.05) is 0 Å². The van der Waals surface area contributed by atoms with Gasteiger partial charge in [0.05, 0.1) is 73.8 Å². The fourth-order valence-electron chi connectivity index (χ4n) is 5.06. The topological polar surface area (TPSA) is 94.0 Å². The highest BCUT2D eigenvalue weighted by Gasteiger charge is 2.37. The van der Waals surface area contributed by atoms with Crippen molar-refractivity contribution in [2.45, 2.75) is 33.4 Å². The molecular formula is C32H26N4O4S4. The average molecular weight is 659 g/mol. The molecule has 4 heterocycles. The summed E-state index contributed by atoms with van der Waals surface area (Å²) in [6, 6.07) is 18.9. The van der Waals surface area contributed by atoms with Crippen LogP contribution in [0.15, 0.2) is 89.8 Å². The van der Waals surface area contributed by atoms with Crippen molar-refractivity contribution in [3.63, 3.8) is 0 Å². The minimum absolute atomic E-state index is 0.169. The third kappa shape index (κ3) is 4.68. The van der Waals surface area contributed by atoms with Gasteiger partial charge in [0.2, 0.25) is 0 Å². The molecule has 0 spiro atoms. The summed E-state index contributed by atoms with van der Waals surface area (Å²) in [4.78, 5) is 30.9. The van der Waals surface area contributed by atoms with E-state index < -0.39 is 0 Å². The first-order valence-electron chi connectivity index (χ1n) is 13.8. The molecule has 0 saturated heterocycles. The van der Waals surface area contributed by atoms with Gasteiger partial charge in [-0.15, -0.1) is 0 Å². The number of para-hydroxylation sites is 2. The molecule has 0 fully saturated rings. The minimum atomic E-state index is -0.169. The van der Waals surface area contributed by atoms with Crippen molar-refractivity contribution in [3.05, 3.63) is 103 Å². The molecule has 0 atom stereocenters. The SMILES string of the molecule is C=c1[nH]n(-c2ccccc2)c(=O)c1=C1Sc2c(OCC)c3c(c(OCC)c2S1)SC(=c1c(=C)[nH]n(-c2ccccc2)c1=O)S3. The van der Waals surface area contributed by atoms with E-state index in [0.29, 0.717) is 34.3 Å². The number of aromatic amines is 2. The van der Waals surface area contributed by atoms with E-state index in [1.165, 1.54) is 56.4 Å². The monoisotopic (exact) mass is 658 g/mol. The fourth-order valence-corrected chi connectivity index (χ4v) is 10.8. The van der Waals surface area contributed by atoms with E-state index in [0.717, 1.165) is 50.9 Å². The Balaban J connectivity index is 1.40. The second-order valence-corrected chi connectivity index (χ2v) is 14.3. The first kappa shape index (κ1) is 28.9. The van der Waals surface area contributed by atoms with Gasteiger partial charge in [0.15, 0.2) is 0 Å². The molecule has 12 heteroatoms. The molecular weight excluding hydrogens is 633 g/mol. The zero-order valence-corrected chi connectivity index (χ0v) is 27.0. The molecule has 0 bridgehead atoms. The highest BCUT2D eigenvalue weighted by molar-refractivity contribution is 8.33. The molecule has 7 rings (SSSR count). The largest absolute Gasteiger partial charge is 0.491 e. The third-order valence-electron chi connectivity index (χ3n) is 6.96. The number of nitrogens with one attached hydrogen (secondary N) is 2. The molecule has 3 aromatic carbocycles. The fraction of sp³-hybridized carbons (Fsp3) is 0.125. The summed E-state index contributed by atoms with van der Waals surface area (Å²) in [7, 11) is 0. The van der Waals surface area contributed by atoms with Crippen LogP contribution in [0.25, 0.3) is 33.0 Å². The van der Waals surface area contributed by atoms with Crippen molar-refractivity contribution in [3.8, 4) is 22.9 Å². The quantitative estimate of drug-likeness (QED) is 0.281. The first-order valence-corrected chi connectivity index (χ1v) is 17.1. The Morgan fingerprint density at radius 1 is 0.614 bits per heavy atom. The number of thioether (sulfide) groups is 4. The molecule has 0 aliphatic carbocycles. The number of rotatable bonds is 6. The predicted octanol–water partition coefficient (Wildman–Crippen LogP) is 4.19. The van der Waals surface area contributed by atoms with Crippen LogP contribution in [0, 0.1) is 0 Å². The molecule has 2 N–H and O–H groups in total. The number of nitrogens with zero attached hydrogens (tertiary/aromatic N) is 2. The van der Waals surface area contributed by atoms with Crippen molar-refractivity contribution < 1.29 is 9.47 Å². The normalized spacial score (nSPS) is 13.8. The molecule has 222 valence electrons. The second-order valence-electron chi connectivity index (χ2n) is 9.71. The van der Waals surface area contributed by atoms with Crippen LogP contribution in [0.5, 0.6) is 11.5 Å². The number of hydrogen-bond donors (Lipinski definition) is 2. The Hall–Kier alpha value is -3.84. The maximum Gasteiger partial charge on any atom is 0.280 e. The lowest BCUT2D eigenvalue weighted by atomic mass is 10.3. The summed E-state index contributed by atoms with van der Waals surface area (Å²) in [5.41, 5.74) is 1.13. The van der Waals surface area contributed by atoms with Crippen LogP contribution in [0.3, 0.4) is 0 Å². The molecule has 0 unspecified atom stereocenters. The number of benzene rings is 3. The predicted molar refractivity (Wildman–Crippen MR) is 181 cm³/mol. The van der Waals surface area contributed by atoms with Crippen LogP contribution in [0.1, 0.15) is 13.8 Å². The summed E-state index contributed by atoms with van der Waals surface area (Å²) in [5, 5.41) is 8.39. The average Bonchev–Trinajstić information content (AvgIpc) is 3.79. The Morgan fingerprint density at radius 3 is 1.27 bits per heavy atom. The number of H-pyrrole nitrogens is 2. The summed E-state index contributed by atoms with van der Waals surface area (Å²) in [6.07, 6.45) is 0. The zero-order valence-electron chi connectivity index (χ0n) is 23.8. The van der Waals surface area contributed by atoms with Gasteiger partial charge < -0.3 is 9.47 Å². The lowest BCUT2D eigenvalue weighted by molar-refractivity contribution is 0.300. The maximum atomic E-state index is 13.6. The van der Waals surface area contributed by atoms with Gasteiger partial charge in [-0.3, -0.25) is 19.8 Å². The highest BCUT2D eigenvalue weighted by Crippen LogP contribution is 2.68. The van der Waals surface area contributed by atoms with E-state index in [9.17, 15) is 9.59 Å². The second kappa shape index (κ2) is 11.6. The van der Waals surface area contributed by atoms with Crippen molar-refractivity contribution >= 4 is 68.7 Å². The summed E-state index contributed by atoms with van der Waals surface area (Å²) in [6.45, 7) is 13.1. The van der Waals surface area contributed by atoms with Gasteiger partial charge in [-0.1, -0.05) is 96.6 Å². The van der Waals surface area contributed by atoms with E-state index in [2.05, 4.69) is 23.4 Å². The number of hydrogen-bond acceptors (Lipinski definition) is 8. The molecule has 0 saturated carbocycles. The van der Waals surface area contributed by atoms with E-state index in [4.69, 9.17) is 9.47 Å². The standard InChI is InChI=1S/C32H26N4O4S4/c1-5-39-23-25-27(43-31(41-25)21-17(3)33-35(29(21)37)19-13-9-7-10-14-19)24(40-6-2)28-26(23)42-32(44-28)22-18(4)34-36(30(22)38)20-15-11-8-12-16-20/h7-16,33-34H,3-6H2,1-2H3. The van der Waals surface area contributed by atoms with Crippen LogP contribution in [0.4, 0.5) is 0 Å². The summed E-state index contributed by atoms with van der Waals surface area (Å²) in [5.74, 6) is 1.44. The van der Waals surface area contributed by atoms with Crippen molar-refractivity contribution in [1.82, 2.24) is 19.6 Å². The minimum Gasteiger partial charge on any atom is -0.491 e. The van der Waals surface area contributed by atoms with Crippen molar-refractivity contribution in [2.75, 3.05) is 13.2 Å². The van der Waals surface area contributed by atoms with Gasteiger partial charge in [0.25, 0.3) is 11.1 Å². The smallest absolute Gasteiger partial charge is 0.280 e. The summed E-state index contributed by atoms with van der Waals surface area (Å²) < 4.78 is 17.2.